The zero-order valence-electron chi connectivity index (χ0n) is 12.7. The van der Waals surface area contributed by atoms with Gasteiger partial charge in [0.2, 0.25) is 0 Å². The van der Waals surface area contributed by atoms with E-state index < -0.39 is 0 Å². The number of guanidine groups is 1. The summed E-state index contributed by atoms with van der Waals surface area (Å²) in [5, 5.41) is 6.79. The lowest BCUT2D eigenvalue weighted by atomic mass is 10.2. The fourth-order valence-corrected chi connectivity index (χ4v) is 1.87. The number of hydrogen-bond acceptors (Lipinski definition) is 2. The lowest BCUT2D eigenvalue weighted by Gasteiger charge is -2.22. The summed E-state index contributed by atoms with van der Waals surface area (Å²) in [5.74, 6) is 1.78. The van der Waals surface area contributed by atoms with Gasteiger partial charge in [0, 0.05) is 25.2 Å². The van der Waals surface area contributed by atoms with Crippen molar-refractivity contribution >= 4 is 5.96 Å². The molecule has 0 spiro atoms. The molecule has 0 aromatic rings. The van der Waals surface area contributed by atoms with E-state index in [1.165, 1.54) is 12.8 Å². The van der Waals surface area contributed by atoms with Crippen LogP contribution < -0.4 is 10.6 Å². The van der Waals surface area contributed by atoms with Crippen molar-refractivity contribution in [1.82, 2.24) is 15.5 Å². The van der Waals surface area contributed by atoms with E-state index in [1.807, 2.05) is 0 Å². The molecule has 4 heteroatoms. The molecule has 0 saturated heterocycles. The Bertz CT molecular complexity index is 265. The van der Waals surface area contributed by atoms with Crippen molar-refractivity contribution in [3.8, 4) is 0 Å². The molecule has 0 bridgehead atoms. The average Bonchev–Trinajstić information content (AvgIpc) is 3.03. The van der Waals surface area contributed by atoms with Crippen LogP contribution in [0.2, 0.25) is 0 Å². The number of likely N-dealkylation sites (N-methyl/N-ethyl adjacent to an activating group) is 1. The minimum absolute atomic E-state index is 0.634. The highest BCUT2D eigenvalue weighted by molar-refractivity contribution is 5.80. The second-order valence-corrected chi connectivity index (χ2v) is 5.46. The molecule has 0 radical (unpaired) electrons. The minimum Gasteiger partial charge on any atom is -0.357 e. The van der Waals surface area contributed by atoms with Crippen LogP contribution in [-0.2, 0) is 0 Å². The Morgan fingerprint density at radius 2 is 2.11 bits per heavy atom. The fraction of sp³-hybridized carbons (Fsp3) is 0.929. The summed E-state index contributed by atoms with van der Waals surface area (Å²) in [6.07, 6.45) is 2.47. The van der Waals surface area contributed by atoms with Crippen molar-refractivity contribution in [3.05, 3.63) is 0 Å². The predicted molar refractivity (Wildman–Crippen MR) is 79.1 cm³/mol. The van der Waals surface area contributed by atoms with Crippen LogP contribution in [0.1, 0.15) is 40.5 Å². The molecule has 2 N–H and O–H groups in total. The van der Waals surface area contributed by atoms with E-state index in [0.717, 1.165) is 31.5 Å². The van der Waals surface area contributed by atoms with Crippen LogP contribution in [0.4, 0.5) is 0 Å². The smallest absolute Gasteiger partial charge is 0.191 e. The maximum absolute atomic E-state index is 4.64. The number of rotatable bonds is 7. The molecule has 3 unspecified atom stereocenters. The van der Waals surface area contributed by atoms with Crippen molar-refractivity contribution in [2.24, 2.45) is 10.9 Å². The number of nitrogens with one attached hydrogen (secondary N) is 2. The Balaban J connectivity index is 2.30. The van der Waals surface area contributed by atoms with Crippen molar-refractivity contribution in [2.75, 3.05) is 26.7 Å². The molecule has 0 aliphatic heterocycles. The molecule has 0 aromatic carbocycles. The third-order valence-electron chi connectivity index (χ3n) is 3.84. The standard InChI is InChI=1S/C14H30N4/c1-6-12(4)18(5)9-8-16-14(15-7-2)17-13-10-11(13)3/h11-13H,6-10H2,1-5H3,(H2,15,16,17). The molecule has 1 rings (SSSR count). The van der Waals surface area contributed by atoms with Gasteiger partial charge in [-0.15, -0.1) is 0 Å². The van der Waals surface area contributed by atoms with Crippen LogP contribution in [0, 0.1) is 5.92 Å². The Kier molecular flexibility index (Phi) is 6.47. The maximum Gasteiger partial charge on any atom is 0.191 e. The van der Waals surface area contributed by atoms with Crippen molar-refractivity contribution < 1.29 is 0 Å². The number of aliphatic imine (C=N–C) groups is 1. The molecule has 106 valence electrons. The van der Waals surface area contributed by atoms with Crippen LogP contribution in [0.15, 0.2) is 4.99 Å². The first-order chi connectivity index (χ1) is 8.58. The van der Waals surface area contributed by atoms with E-state index in [1.54, 1.807) is 0 Å². The van der Waals surface area contributed by atoms with Crippen molar-refractivity contribution in [2.45, 2.75) is 52.6 Å². The number of hydrogen-bond donors (Lipinski definition) is 2. The lowest BCUT2D eigenvalue weighted by Crippen LogP contribution is -2.40. The Hall–Kier alpha value is -0.770. The van der Waals surface area contributed by atoms with Crippen LogP contribution >= 0.6 is 0 Å². The second-order valence-electron chi connectivity index (χ2n) is 5.46. The largest absolute Gasteiger partial charge is 0.357 e. The van der Waals surface area contributed by atoms with Crippen LogP contribution in [0.3, 0.4) is 0 Å². The first kappa shape index (κ1) is 15.3. The molecule has 1 aliphatic carbocycles. The fourth-order valence-electron chi connectivity index (χ4n) is 1.87. The summed E-state index contributed by atoms with van der Waals surface area (Å²) >= 11 is 0. The summed E-state index contributed by atoms with van der Waals surface area (Å²) in [6.45, 7) is 11.7. The molecule has 18 heavy (non-hydrogen) atoms. The number of nitrogens with zero attached hydrogens (tertiary/aromatic N) is 2. The Morgan fingerprint density at radius 1 is 1.44 bits per heavy atom. The van der Waals surface area contributed by atoms with E-state index in [9.17, 15) is 0 Å². The minimum atomic E-state index is 0.634. The van der Waals surface area contributed by atoms with Crippen LogP contribution in [-0.4, -0.2) is 49.6 Å². The van der Waals surface area contributed by atoms with Gasteiger partial charge < -0.3 is 15.5 Å². The molecular weight excluding hydrogens is 224 g/mol. The quantitative estimate of drug-likeness (QED) is 0.536. The van der Waals surface area contributed by atoms with Gasteiger partial charge >= 0.3 is 0 Å². The summed E-state index contributed by atoms with van der Waals surface area (Å²) in [4.78, 5) is 7.01. The molecule has 1 fully saturated rings. The molecule has 0 amide bonds. The SMILES string of the molecule is CCNC(=NCCN(C)C(C)CC)NC1CC1C. The van der Waals surface area contributed by atoms with E-state index in [0.29, 0.717) is 12.1 Å². The molecular formula is C14H30N4. The molecule has 3 atom stereocenters. The Labute approximate surface area is 112 Å². The van der Waals surface area contributed by atoms with Gasteiger partial charge in [0.15, 0.2) is 5.96 Å². The highest BCUT2D eigenvalue weighted by Gasteiger charge is 2.33. The average molecular weight is 254 g/mol. The van der Waals surface area contributed by atoms with Gasteiger partial charge in [0.05, 0.1) is 6.54 Å². The molecule has 1 saturated carbocycles. The van der Waals surface area contributed by atoms with E-state index in [4.69, 9.17) is 0 Å². The van der Waals surface area contributed by atoms with Crippen LogP contribution in [0.25, 0.3) is 0 Å². The maximum atomic E-state index is 4.64. The van der Waals surface area contributed by atoms with Gasteiger partial charge in [0.1, 0.15) is 0 Å². The zero-order chi connectivity index (χ0) is 13.5. The zero-order valence-corrected chi connectivity index (χ0v) is 12.7. The Morgan fingerprint density at radius 3 is 2.61 bits per heavy atom. The first-order valence-corrected chi connectivity index (χ1v) is 7.33. The van der Waals surface area contributed by atoms with Crippen molar-refractivity contribution in [1.29, 1.82) is 0 Å². The monoisotopic (exact) mass is 254 g/mol. The third-order valence-corrected chi connectivity index (χ3v) is 3.84. The van der Waals surface area contributed by atoms with Gasteiger partial charge in [-0.05, 0) is 39.7 Å². The van der Waals surface area contributed by atoms with E-state index >= 15 is 0 Å². The predicted octanol–water partition coefficient (Wildman–Crippen LogP) is 1.68. The van der Waals surface area contributed by atoms with Crippen LogP contribution in [0.5, 0.6) is 0 Å². The highest BCUT2D eigenvalue weighted by atomic mass is 15.2. The van der Waals surface area contributed by atoms with Gasteiger partial charge in [-0.3, -0.25) is 4.99 Å². The summed E-state index contributed by atoms with van der Waals surface area (Å²) < 4.78 is 0. The first-order valence-electron chi connectivity index (χ1n) is 7.33. The third kappa shape index (κ3) is 5.25. The molecule has 0 aromatic heterocycles. The summed E-state index contributed by atoms with van der Waals surface area (Å²) in [5.41, 5.74) is 0. The molecule has 1 aliphatic rings. The van der Waals surface area contributed by atoms with Gasteiger partial charge in [0.25, 0.3) is 0 Å². The molecule has 0 heterocycles. The summed E-state index contributed by atoms with van der Waals surface area (Å²) in [6, 6.07) is 1.27. The molecule has 4 nitrogen and oxygen atoms in total. The highest BCUT2D eigenvalue weighted by Crippen LogP contribution is 2.28. The van der Waals surface area contributed by atoms with E-state index in [-0.39, 0.29) is 0 Å². The van der Waals surface area contributed by atoms with E-state index in [2.05, 4.69) is 55.3 Å². The second kappa shape index (κ2) is 7.62. The van der Waals surface area contributed by atoms with Crippen molar-refractivity contribution in [3.63, 3.8) is 0 Å². The summed E-state index contributed by atoms with van der Waals surface area (Å²) in [7, 11) is 2.17. The topological polar surface area (TPSA) is 39.7 Å². The lowest BCUT2D eigenvalue weighted by molar-refractivity contribution is 0.259. The van der Waals surface area contributed by atoms with Gasteiger partial charge in [-0.2, -0.15) is 0 Å². The van der Waals surface area contributed by atoms with Gasteiger partial charge in [-0.1, -0.05) is 13.8 Å². The van der Waals surface area contributed by atoms with Gasteiger partial charge in [-0.25, -0.2) is 0 Å². The normalized spacial score (nSPS) is 25.1.